The highest BCUT2D eigenvalue weighted by Crippen LogP contribution is 2.20. The van der Waals surface area contributed by atoms with Crippen molar-refractivity contribution in [2.24, 2.45) is 4.99 Å². The molecule has 5 nitrogen and oxygen atoms in total. The SMILES string of the molecule is CCNC(=NCc1ccc(O)cc1)NCc1ccc(C)cc1OCC. The van der Waals surface area contributed by atoms with E-state index in [2.05, 4.69) is 40.7 Å². The zero-order chi connectivity index (χ0) is 18.1. The second-order valence-corrected chi connectivity index (χ2v) is 5.76. The standard InChI is InChI=1S/C20H27N3O2/c1-4-21-20(22-13-16-7-10-18(24)11-8-16)23-14-17-9-6-15(3)12-19(17)25-5-2/h6-12,24H,4-5,13-14H2,1-3H3,(H2,21,22,23). The molecule has 0 saturated heterocycles. The molecule has 2 aromatic carbocycles. The maximum Gasteiger partial charge on any atom is 0.191 e. The van der Waals surface area contributed by atoms with E-state index in [0.717, 1.165) is 29.4 Å². The maximum absolute atomic E-state index is 9.35. The Bertz CT molecular complexity index is 697. The number of aromatic hydroxyl groups is 1. The number of rotatable bonds is 7. The molecule has 0 spiro atoms. The smallest absolute Gasteiger partial charge is 0.191 e. The minimum atomic E-state index is 0.264. The van der Waals surface area contributed by atoms with Crippen LogP contribution in [0.25, 0.3) is 0 Å². The quantitative estimate of drug-likeness (QED) is 0.534. The largest absolute Gasteiger partial charge is 0.508 e. The summed E-state index contributed by atoms with van der Waals surface area (Å²) in [6.45, 7) is 8.69. The molecule has 2 rings (SSSR count). The summed E-state index contributed by atoms with van der Waals surface area (Å²) in [4.78, 5) is 4.59. The molecule has 0 bridgehead atoms. The Labute approximate surface area is 149 Å². The van der Waals surface area contributed by atoms with Crippen LogP contribution in [0.5, 0.6) is 11.5 Å². The number of hydrogen-bond acceptors (Lipinski definition) is 3. The second kappa shape index (κ2) is 9.57. The molecule has 2 aromatic rings. The van der Waals surface area contributed by atoms with Crippen molar-refractivity contribution in [3.63, 3.8) is 0 Å². The van der Waals surface area contributed by atoms with Gasteiger partial charge in [0, 0.05) is 18.7 Å². The summed E-state index contributed by atoms with van der Waals surface area (Å²) in [5.74, 6) is 1.92. The number of nitrogens with one attached hydrogen (secondary N) is 2. The number of nitrogens with zero attached hydrogens (tertiary/aromatic N) is 1. The van der Waals surface area contributed by atoms with Gasteiger partial charge in [-0.3, -0.25) is 0 Å². The number of ether oxygens (including phenoxy) is 1. The van der Waals surface area contributed by atoms with E-state index < -0.39 is 0 Å². The van der Waals surface area contributed by atoms with Crippen LogP contribution in [0.2, 0.25) is 0 Å². The van der Waals surface area contributed by atoms with E-state index in [1.54, 1.807) is 12.1 Å². The van der Waals surface area contributed by atoms with Gasteiger partial charge in [0.15, 0.2) is 5.96 Å². The third-order valence-electron chi connectivity index (χ3n) is 3.67. The van der Waals surface area contributed by atoms with Gasteiger partial charge < -0.3 is 20.5 Å². The molecular formula is C20H27N3O2. The van der Waals surface area contributed by atoms with Crippen LogP contribution in [0, 0.1) is 6.92 Å². The molecule has 0 aliphatic rings. The van der Waals surface area contributed by atoms with E-state index in [1.165, 1.54) is 5.56 Å². The van der Waals surface area contributed by atoms with Crippen LogP contribution in [-0.2, 0) is 13.1 Å². The summed E-state index contributed by atoms with van der Waals surface area (Å²) in [5, 5.41) is 15.9. The summed E-state index contributed by atoms with van der Waals surface area (Å²) in [5.41, 5.74) is 3.32. The Kier molecular flexibility index (Phi) is 7.14. The third-order valence-corrected chi connectivity index (χ3v) is 3.67. The van der Waals surface area contributed by atoms with Crippen molar-refractivity contribution in [1.29, 1.82) is 0 Å². The van der Waals surface area contributed by atoms with E-state index in [0.29, 0.717) is 19.7 Å². The molecular weight excluding hydrogens is 314 g/mol. The zero-order valence-electron chi connectivity index (χ0n) is 15.2. The molecule has 3 N–H and O–H groups in total. The van der Waals surface area contributed by atoms with Crippen LogP contribution in [0.15, 0.2) is 47.5 Å². The lowest BCUT2D eigenvalue weighted by atomic mass is 10.1. The molecule has 5 heteroatoms. The van der Waals surface area contributed by atoms with Gasteiger partial charge in [-0.15, -0.1) is 0 Å². The van der Waals surface area contributed by atoms with E-state index in [4.69, 9.17) is 4.74 Å². The van der Waals surface area contributed by atoms with Gasteiger partial charge in [0.25, 0.3) is 0 Å². The Morgan fingerprint density at radius 2 is 1.84 bits per heavy atom. The Balaban J connectivity index is 2.03. The Morgan fingerprint density at radius 3 is 2.52 bits per heavy atom. The second-order valence-electron chi connectivity index (χ2n) is 5.76. The van der Waals surface area contributed by atoms with Crippen molar-refractivity contribution in [2.75, 3.05) is 13.2 Å². The van der Waals surface area contributed by atoms with Gasteiger partial charge in [0.1, 0.15) is 11.5 Å². The van der Waals surface area contributed by atoms with Crippen LogP contribution < -0.4 is 15.4 Å². The summed E-state index contributed by atoms with van der Waals surface area (Å²) in [6.07, 6.45) is 0. The molecule has 0 atom stereocenters. The monoisotopic (exact) mass is 341 g/mol. The van der Waals surface area contributed by atoms with Gasteiger partial charge in [-0.25, -0.2) is 4.99 Å². The van der Waals surface area contributed by atoms with Gasteiger partial charge in [0.2, 0.25) is 0 Å². The summed E-state index contributed by atoms with van der Waals surface area (Å²) in [7, 11) is 0. The first-order valence-electron chi connectivity index (χ1n) is 8.64. The molecule has 0 heterocycles. The van der Waals surface area contributed by atoms with Crippen LogP contribution >= 0.6 is 0 Å². The van der Waals surface area contributed by atoms with E-state index in [-0.39, 0.29) is 5.75 Å². The molecule has 0 fully saturated rings. The fourth-order valence-corrected chi connectivity index (χ4v) is 2.39. The average molecular weight is 341 g/mol. The zero-order valence-corrected chi connectivity index (χ0v) is 15.2. The lowest BCUT2D eigenvalue weighted by molar-refractivity contribution is 0.336. The number of aliphatic imine (C=N–C) groups is 1. The number of guanidine groups is 1. The van der Waals surface area contributed by atoms with Crippen LogP contribution in [0.3, 0.4) is 0 Å². The van der Waals surface area contributed by atoms with Gasteiger partial charge >= 0.3 is 0 Å². The number of benzene rings is 2. The van der Waals surface area contributed by atoms with Crippen LogP contribution in [-0.4, -0.2) is 24.2 Å². The highest BCUT2D eigenvalue weighted by atomic mass is 16.5. The molecule has 0 aliphatic heterocycles. The lowest BCUT2D eigenvalue weighted by Gasteiger charge is -2.15. The highest BCUT2D eigenvalue weighted by molar-refractivity contribution is 5.79. The minimum absolute atomic E-state index is 0.264. The molecule has 25 heavy (non-hydrogen) atoms. The van der Waals surface area contributed by atoms with Gasteiger partial charge in [-0.05, 0) is 50.1 Å². The number of phenols is 1. The summed E-state index contributed by atoms with van der Waals surface area (Å²) >= 11 is 0. The van der Waals surface area contributed by atoms with Crippen LogP contribution in [0.1, 0.15) is 30.5 Å². The van der Waals surface area contributed by atoms with E-state index >= 15 is 0 Å². The molecule has 134 valence electrons. The van der Waals surface area contributed by atoms with E-state index in [9.17, 15) is 5.11 Å². The van der Waals surface area contributed by atoms with Gasteiger partial charge in [-0.1, -0.05) is 24.3 Å². The van der Waals surface area contributed by atoms with Crippen molar-refractivity contribution in [3.8, 4) is 11.5 Å². The van der Waals surface area contributed by atoms with Crippen molar-refractivity contribution in [3.05, 3.63) is 59.2 Å². The predicted molar refractivity (Wildman–Crippen MR) is 102 cm³/mol. The van der Waals surface area contributed by atoms with Crippen LogP contribution in [0.4, 0.5) is 0 Å². The Hall–Kier alpha value is -2.69. The average Bonchev–Trinajstić information content (AvgIpc) is 2.60. The fraction of sp³-hybridized carbons (Fsp3) is 0.350. The first kappa shape index (κ1) is 18.6. The summed E-state index contributed by atoms with van der Waals surface area (Å²) in [6, 6.07) is 13.3. The molecule has 0 aliphatic carbocycles. The predicted octanol–water partition coefficient (Wildman–Crippen LogP) is 3.35. The first-order chi connectivity index (χ1) is 12.1. The lowest BCUT2D eigenvalue weighted by Crippen LogP contribution is -2.36. The first-order valence-corrected chi connectivity index (χ1v) is 8.64. The molecule has 0 radical (unpaired) electrons. The summed E-state index contributed by atoms with van der Waals surface area (Å²) < 4.78 is 5.73. The number of hydrogen-bond donors (Lipinski definition) is 3. The highest BCUT2D eigenvalue weighted by Gasteiger charge is 2.05. The molecule has 0 unspecified atom stereocenters. The van der Waals surface area contributed by atoms with Crippen molar-refractivity contribution < 1.29 is 9.84 Å². The van der Waals surface area contributed by atoms with Crippen molar-refractivity contribution in [2.45, 2.75) is 33.9 Å². The topological polar surface area (TPSA) is 65.9 Å². The molecule has 0 aromatic heterocycles. The van der Waals surface area contributed by atoms with Crippen molar-refractivity contribution in [1.82, 2.24) is 10.6 Å². The fourth-order valence-electron chi connectivity index (χ4n) is 2.39. The van der Waals surface area contributed by atoms with Gasteiger partial charge in [0.05, 0.1) is 13.2 Å². The molecule has 0 saturated carbocycles. The third kappa shape index (κ3) is 6.03. The maximum atomic E-state index is 9.35. The minimum Gasteiger partial charge on any atom is -0.508 e. The van der Waals surface area contributed by atoms with Crippen molar-refractivity contribution >= 4 is 5.96 Å². The number of phenolic OH excluding ortho intramolecular Hbond substituents is 1. The van der Waals surface area contributed by atoms with E-state index in [1.807, 2.05) is 26.0 Å². The molecule has 0 amide bonds. The normalized spacial score (nSPS) is 11.2. The van der Waals surface area contributed by atoms with Gasteiger partial charge in [-0.2, -0.15) is 0 Å². The number of aryl methyl sites for hydroxylation is 1. The Morgan fingerprint density at radius 1 is 1.08 bits per heavy atom.